The lowest BCUT2D eigenvalue weighted by atomic mass is 10.1. The molecule has 5 nitrogen and oxygen atoms in total. The van der Waals surface area contributed by atoms with Gasteiger partial charge in [-0.1, -0.05) is 44.2 Å². The van der Waals surface area contributed by atoms with Gasteiger partial charge in [0.2, 0.25) is 5.43 Å². The van der Waals surface area contributed by atoms with Gasteiger partial charge in [-0.15, -0.1) is 0 Å². The summed E-state index contributed by atoms with van der Waals surface area (Å²) in [5.74, 6) is 0.569. The summed E-state index contributed by atoms with van der Waals surface area (Å²) in [4.78, 5) is 24.3. The maximum Gasteiger partial charge on any atom is 0.258 e. The summed E-state index contributed by atoms with van der Waals surface area (Å²) in [6.07, 6.45) is 2.79. The van der Waals surface area contributed by atoms with Gasteiger partial charge in [0, 0.05) is 18.8 Å². The van der Waals surface area contributed by atoms with Gasteiger partial charge in [0.25, 0.3) is 5.91 Å². The molecular weight excluding hydrogens is 328 g/mol. The molecule has 2 aromatic rings. The molecule has 0 saturated heterocycles. The molecule has 1 aromatic carbocycles. The van der Waals surface area contributed by atoms with E-state index in [9.17, 15) is 9.59 Å². The Labute approximate surface area is 155 Å². The number of nitrogens with one attached hydrogen (secondary N) is 1. The Bertz CT molecular complexity index is 782. The largest absolute Gasteiger partial charge is 0.478 e. The van der Waals surface area contributed by atoms with E-state index in [0.29, 0.717) is 5.92 Å². The van der Waals surface area contributed by atoms with Crippen LogP contribution in [0.3, 0.4) is 0 Å². The van der Waals surface area contributed by atoms with E-state index in [1.54, 1.807) is 6.20 Å². The molecule has 1 aromatic heterocycles. The lowest BCUT2D eigenvalue weighted by Crippen LogP contribution is -2.32. The Morgan fingerprint density at radius 1 is 1.15 bits per heavy atom. The SMILES string of the molecule is Cc1c(OCC(=O)N[C@@H](C)c2ccccc2)c(=O)ccn1CCC(C)C. The number of hydrogen-bond donors (Lipinski definition) is 1. The number of carbonyl (C=O) groups excluding carboxylic acids is 1. The lowest BCUT2D eigenvalue weighted by Gasteiger charge is -2.17. The van der Waals surface area contributed by atoms with Crippen LogP contribution in [0.25, 0.3) is 0 Å². The summed E-state index contributed by atoms with van der Waals surface area (Å²) >= 11 is 0. The molecule has 0 fully saturated rings. The summed E-state index contributed by atoms with van der Waals surface area (Å²) in [5, 5.41) is 2.89. The van der Waals surface area contributed by atoms with Crippen molar-refractivity contribution in [1.82, 2.24) is 9.88 Å². The van der Waals surface area contributed by atoms with Crippen molar-refractivity contribution in [2.75, 3.05) is 6.61 Å². The number of amides is 1. The van der Waals surface area contributed by atoms with Crippen molar-refractivity contribution >= 4 is 5.91 Å². The molecule has 0 unspecified atom stereocenters. The molecule has 0 bridgehead atoms. The molecule has 1 heterocycles. The Balaban J connectivity index is 1.99. The van der Waals surface area contributed by atoms with Crippen molar-refractivity contribution in [3.8, 4) is 5.75 Å². The third-order valence-corrected chi connectivity index (χ3v) is 4.36. The number of rotatable bonds is 8. The van der Waals surface area contributed by atoms with Crippen LogP contribution in [0.15, 0.2) is 47.4 Å². The number of ether oxygens (including phenoxy) is 1. The molecule has 1 amide bonds. The van der Waals surface area contributed by atoms with Crippen molar-refractivity contribution < 1.29 is 9.53 Å². The molecule has 1 N–H and O–H groups in total. The molecule has 0 radical (unpaired) electrons. The predicted octanol–water partition coefficient (Wildman–Crippen LogP) is 3.46. The standard InChI is InChI=1S/C21H28N2O3/c1-15(2)10-12-23-13-11-19(24)21(17(23)4)26-14-20(25)22-16(3)18-8-6-5-7-9-18/h5-9,11,13,15-16H,10,12,14H2,1-4H3,(H,22,25)/t16-/m0/s1. The average molecular weight is 356 g/mol. The number of hydrogen-bond acceptors (Lipinski definition) is 3. The van der Waals surface area contributed by atoms with Crippen molar-refractivity contribution in [3.63, 3.8) is 0 Å². The first-order valence-electron chi connectivity index (χ1n) is 9.05. The van der Waals surface area contributed by atoms with E-state index in [1.165, 1.54) is 6.07 Å². The quantitative estimate of drug-likeness (QED) is 0.788. The highest BCUT2D eigenvalue weighted by Gasteiger charge is 2.13. The molecule has 5 heteroatoms. The first-order valence-corrected chi connectivity index (χ1v) is 9.05. The number of nitrogens with zero attached hydrogens (tertiary/aromatic N) is 1. The minimum Gasteiger partial charge on any atom is -0.478 e. The Morgan fingerprint density at radius 3 is 2.50 bits per heavy atom. The maximum absolute atomic E-state index is 12.2. The molecule has 2 rings (SSSR count). The molecule has 0 saturated carbocycles. The number of benzene rings is 1. The second kappa shape index (κ2) is 9.22. The summed E-state index contributed by atoms with van der Waals surface area (Å²) in [6.45, 7) is 8.72. The van der Waals surface area contributed by atoms with Gasteiger partial charge in [-0.05, 0) is 31.7 Å². The number of pyridine rings is 1. The Kier molecular flexibility index (Phi) is 7.01. The summed E-state index contributed by atoms with van der Waals surface area (Å²) < 4.78 is 7.57. The number of aromatic nitrogens is 1. The third kappa shape index (κ3) is 5.48. The maximum atomic E-state index is 12.2. The van der Waals surface area contributed by atoms with E-state index in [1.807, 2.05) is 48.7 Å². The molecule has 140 valence electrons. The van der Waals surface area contributed by atoms with Gasteiger partial charge in [0.1, 0.15) is 0 Å². The van der Waals surface area contributed by atoms with Gasteiger partial charge in [-0.2, -0.15) is 0 Å². The second-order valence-electron chi connectivity index (χ2n) is 6.96. The zero-order chi connectivity index (χ0) is 19.1. The zero-order valence-electron chi connectivity index (χ0n) is 16.0. The zero-order valence-corrected chi connectivity index (χ0v) is 16.0. The van der Waals surface area contributed by atoms with Gasteiger partial charge < -0.3 is 14.6 Å². The highest BCUT2D eigenvalue weighted by Crippen LogP contribution is 2.14. The van der Waals surface area contributed by atoms with Crippen molar-refractivity contribution in [3.05, 3.63) is 64.1 Å². The van der Waals surface area contributed by atoms with Crippen LogP contribution in [-0.4, -0.2) is 17.1 Å². The van der Waals surface area contributed by atoms with E-state index in [0.717, 1.165) is 24.2 Å². The lowest BCUT2D eigenvalue weighted by molar-refractivity contribution is -0.123. The minimum atomic E-state index is -0.252. The van der Waals surface area contributed by atoms with Crippen LogP contribution < -0.4 is 15.5 Å². The second-order valence-corrected chi connectivity index (χ2v) is 6.96. The fourth-order valence-corrected chi connectivity index (χ4v) is 2.71. The predicted molar refractivity (Wildman–Crippen MR) is 103 cm³/mol. The highest BCUT2D eigenvalue weighted by molar-refractivity contribution is 5.78. The van der Waals surface area contributed by atoms with Crippen LogP contribution in [0.5, 0.6) is 5.75 Å². The van der Waals surface area contributed by atoms with Gasteiger partial charge in [0.15, 0.2) is 12.4 Å². The van der Waals surface area contributed by atoms with E-state index in [2.05, 4.69) is 19.2 Å². The molecule has 1 atom stereocenters. The van der Waals surface area contributed by atoms with Crippen LogP contribution in [0.2, 0.25) is 0 Å². The van der Waals surface area contributed by atoms with Gasteiger partial charge in [-0.3, -0.25) is 9.59 Å². The van der Waals surface area contributed by atoms with Crippen LogP contribution in [0.1, 0.15) is 44.5 Å². The molecule has 0 aliphatic heterocycles. The minimum absolute atomic E-state index is 0.119. The van der Waals surface area contributed by atoms with Crippen LogP contribution >= 0.6 is 0 Å². The molecule has 0 aliphatic carbocycles. The highest BCUT2D eigenvalue weighted by atomic mass is 16.5. The normalized spacial score (nSPS) is 12.0. The van der Waals surface area contributed by atoms with E-state index >= 15 is 0 Å². The van der Waals surface area contributed by atoms with E-state index in [-0.39, 0.29) is 29.7 Å². The number of carbonyl (C=O) groups is 1. The molecule has 0 spiro atoms. The Morgan fingerprint density at radius 2 is 1.85 bits per heavy atom. The molecule has 0 aliphatic rings. The fraction of sp³-hybridized carbons (Fsp3) is 0.429. The van der Waals surface area contributed by atoms with Crippen molar-refractivity contribution in [2.45, 2.75) is 46.7 Å². The first kappa shape index (κ1) is 19.8. The molecular formula is C21H28N2O3. The Hall–Kier alpha value is -2.56. The first-order chi connectivity index (χ1) is 12.4. The number of aryl methyl sites for hydroxylation is 1. The third-order valence-electron chi connectivity index (χ3n) is 4.36. The summed E-state index contributed by atoms with van der Waals surface area (Å²) in [5.41, 5.74) is 1.57. The van der Waals surface area contributed by atoms with Gasteiger partial charge in [0.05, 0.1) is 11.7 Å². The van der Waals surface area contributed by atoms with Crippen LogP contribution in [0, 0.1) is 12.8 Å². The summed E-state index contributed by atoms with van der Waals surface area (Å²) in [7, 11) is 0. The summed E-state index contributed by atoms with van der Waals surface area (Å²) in [6, 6.07) is 11.1. The van der Waals surface area contributed by atoms with Crippen LogP contribution in [-0.2, 0) is 11.3 Å². The van der Waals surface area contributed by atoms with E-state index < -0.39 is 0 Å². The monoisotopic (exact) mass is 356 g/mol. The average Bonchev–Trinajstić information content (AvgIpc) is 2.61. The van der Waals surface area contributed by atoms with Crippen molar-refractivity contribution in [2.24, 2.45) is 5.92 Å². The fourth-order valence-electron chi connectivity index (χ4n) is 2.71. The van der Waals surface area contributed by atoms with Crippen molar-refractivity contribution in [1.29, 1.82) is 0 Å². The van der Waals surface area contributed by atoms with E-state index in [4.69, 9.17) is 4.74 Å². The van der Waals surface area contributed by atoms with Crippen LogP contribution in [0.4, 0.5) is 0 Å². The smallest absolute Gasteiger partial charge is 0.258 e. The topological polar surface area (TPSA) is 60.3 Å². The van der Waals surface area contributed by atoms with Gasteiger partial charge >= 0.3 is 0 Å². The molecule has 26 heavy (non-hydrogen) atoms. The van der Waals surface area contributed by atoms with Gasteiger partial charge in [-0.25, -0.2) is 0 Å².